The number of carbonyl (C=O) groups excluding carboxylic acids is 1. The minimum absolute atomic E-state index is 0. The lowest BCUT2D eigenvalue weighted by Gasteiger charge is -2.39. The molecule has 23 heavy (non-hydrogen) atoms. The van der Waals surface area contributed by atoms with Gasteiger partial charge >= 0.3 is 0 Å². The van der Waals surface area contributed by atoms with Crippen molar-refractivity contribution in [1.29, 1.82) is 0 Å². The molecule has 128 valence electrons. The lowest BCUT2D eigenvalue weighted by atomic mass is 9.67. The van der Waals surface area contributed by atoms with Gasteiger partial charge in [0.15, 0.2) is 0 Å². The molecular formula is C18H27ClN2O2. The summed E-state index contributed by atoms with van der Waals surface area (Å²) in [7, 11) is 3.60. The van der Waals surface area contributed by atoms with Crippen LogP contribution in [0.25, 0.3) is 0 Å². The molecule has 2 fully saturated rings. The Bertz CT molecular complexity index is 552. The molecule has 0 radical (unpaired) electrons. The zero-order valence-corrected chi connectivity index (χ0v) is 14.8. The van der Waals surface area contributed by atoms with Crippen LogP contribution in [-0.4, -0.2) is 38.1 Å². The number of halogens is 1. The third-order valence-corrected chi connectivity index (χ3v) is 5.36. The fourth-order valence-corrected chi connectivity index (χ4v) is 4.16. The SMILES string of the molecule is COc1cccc(CN(C)C(=O)[C@@]23CCCC[C@H]2CNC3)c1.Cl. The normalized spacial score (nSPS) is 26.1. The molecule has 0 bridgehead atoms. The van der Waals surface area contributed by atoms with Crippen LogP contribution in [-0.2, 0) is 11.3 Å². The Morgan fingerprint density at radius 3 is 3.04 bits per heavy atom. The molecule has 1 aliphatic carbocycles. The number of hydrogen-bond acceptors (Lipinski definition) is 3. The lowest BCUT2D eigenvalue weighted by molar-refractivity contribution is -0.144. The van der Waals surface area contributed by atoms with Crippen molar-refractivity contribution >= 4 is 18.3 Å². The molecule has 0 aromatic heterocycles. The van der Waals surface area contributed by atoms with Crippen molar-refractivity contribution in [2.45, 2.75) is 32.2 Å². The number of nitrogens with zero attached hydrogens (tertiary/aromatic N) is 1. The highest BCUT2D eigenvalue weighted by atomic mass is 35.5. The predicted molar refractivity (Wildman–Crippen MR) is 94.0 cm³/mol. The van der Waals surface area contributed by atoms with E-state index < -0.39 is 0 Å². The minimum Gasteiger partial charge on any atom is -0.497 e. The van der Waals surface area contributed by atoms with E-state index in [1.165, 1.54) is 19.3 Å². The summed E-state index contributed by atoms with van der Waals surface area (Å²) < 4.78 is 5.27. The van der Waals surface area contributed by atoms with Gasteiger partial charge in [0.2, 0.25) is 5.91 Å². The fourth-order valence-electron chi connectivity index (χ4n) is 4.16. The fraction of sp³-hybridized carbons (Fsp3) is 0.611. The summed E-state index contributed by atoms with van der Waals surface area (Å²) >= 11 is 0. The van der Waals surface area contributed by atoms with Crippen molar-refractivity contribution in [3.63, 3.8) is 0 Å². The van der Waals surface area contributed by atoms with Gasteiger partial charge in [0.05, 0.1) is 12.5 Å². The van der Waals surface area contributed by atoms with Crippen LogP contribution in [0.2, 0.25) is 0 Å². The summed E-state index contributed by atoms with van der Waals surface area (Å²) in [5, 5.41) is 3.46. The zero-order valence-electron chi connectivity index (χ0n) is 14.0. The van der Waals surface area contributed by atoms with E-state index in [9.17, 15) is 4.79 Å². The van der Waals surface area contributed by atoms with Gasteiger partial charge in [0, 0.05) is 20.1 Å². The molecule has 1 aromatic carbocycles. The second kappa shape index (κ2) is 7.54. The summed E-state index contributed by atoms with van der Waals surface area (Å²) in [5.74, 6) is 1.67. The van der Waals surface area contributed by atoms with Crippen LogP contribution in [0.15, 0.2) is 24.3 Å². The Labute approximate surface area is 145 Å². The predicted octanol–water partition coefficient (Wildman–Crippen LogP) is 2.86. The second-order valence-corrected chi connectivity index (χ2v) is 6.74. The monoisotopic (exact) mass is 338 g/mol. The average Bonchev–Trinajstić information content (AvgIpc) is 2.99. The van der Waals surface area contributed by atoms with E-state index in [1.807, 2.05) is 30.1 Å². The minimum atomic E-state index is -0.161. The summed E-state index contributed by atoms with van der Waals surface area (Å²) in [4.78, 5) is 15.0. The Morgan fingerprint density at radius 1 is 1.43 bits per heavy atom. The highest BCUT2D eigenvalue weighted by Gasteiger charge is 2.50. The van der Waals surface area contributed by atoms with Gasteiger partial charge in [0.1, 0.15) is 5.75 Å². The molecule has 1 aromatic rings. The first kappa shape index (κ1) is 18.1. The molecule has 3 rings (SSSR count). The van der Waals surface area contributed by atoms with E-state index in [2.05, 4.69) is 11.4 Å². The van der Waals surface area contributed by atoms with E-state index in [0.29, 0.717) is 18.4 Å². The van der Waals surface area contributed by atoms with Crippen LogP contribution in [0.5, 0.6) is 5.75 Å². The molecule has 1 saturated heterocycles. The van der Waals surface area contributed by atoms with E-state index in [0.717, 1.165) is 30.8 Å². The number of amides is 1. The molecule has 0 spiro atoms. The van der Waals surface area contributed by atoms with Crippen molar-refractivity contribution in [3.8, 4) is 5.75 Å². The maximum Gasteiger partial charge on any atom is 0.230 e. The molecule has 2 aliphatic rings. The number of methoxy groups -OCH3 is 1. The Balaban J connectivity index is 0.00000192. The van der Waals surface area contributed by atoms with Gasteiger partial charge in [-0.05, 0) is 43.0 Å². The van der Waals surface area contributed by atoms with Gasteiger partial charge in [-0.25, -0.2) is 0 Å². The van der Waals surface area contributed by atoms with Crippen molar-refractivity contribution in [2.75, 3.05) is 27.2 Å². The highest BCUT2D eigenvalue weighted by molar-refractivity contribution is 5.85. The number of carbonyl (C=O) groups is 1. The first-order valence-corrected chi connectivity index (χ1v) is 8.25. The molecule has 4 nitrogen and oxygen atoms in total. The van der Waals surface area contributed by atoms with Gasteiger partial charge < -0.3 is 15.0 Å². The van der Waals surface area contributed by atoms with Crippen molar-refractivity contribution in [1.82, 2.24) is 10.2 Å². The van der Waals surface area contributed by atoms with Gasteiger partial charge in [-0.1, -0.05) is 25.0 Å². The molecule has 1 heterocycles. The van der Waals surface area contributed by atoms with E-state index in [-0.39, 0.29) is 17.8 Å². The van der Waals surface area contributed by atoms with Gasteiger partial charge in [-0.15, -0.1) is 12.4 Å². The van der Waals surface area contributed by atoms with E-state index >= 15 is 0 Å². The summed E-state index contributed by atoms with van der Waals surface area (Å²) in [6.45, 7) is 2.49. The summed E-state index contributed by atoms with van der Waals surface area (Å²) in [6, 6.07) is 7.97. The number of ether oxygens (including phenoxy) is 1. The van der Waals surface area contributed by atoms with Gasteiger partial charge in [0.25, 0.3) is 0 Å². The molecule has 1 amide bonds. The third kappa shape index (κ3) is 3.48. The molecule has 5 heteroatoms. The topological polar surface area (TPSA) is 41.6 Å². The van der Waals surface area contributed by atoms with Crippen LogP contribution in [0, 0.1) is 11.3 Å². The number of hydrogen-bond donors (Lipinski definition) is 1. The molecular weight excluding hydrogens is 312 g/mol. The Kier molecular flexibility index (Phi) is 5.93. The van der Waals surface area contributed by atoms with Crippen LogP contribution in [0.4, 0.5) is 0 Å². The number of rotatable bonds is 4. The smallest absolute Gasteiger partial charge is 0.230 e. The van der Waals surface area contributed by atoms with Crippen molar-refractivity contribution in [3.05, 3.63) is 29.8 Å². The Morgan fingerprint density at radius 2 is 2.26 bits per heavy atom. The number of fused-ring (bicyclic) bond motifs is 1. The lowest BCUT2D eigenvalue weighted by Crippen LogP contribution is -2.48. The van der Waals surface area contributed by atoms with Crippen LogP contribution >= 0.6 is 12.4 Å². The molecule has 1 N–H and O–H groups in total. The standard InChI is InChI=1S/C18H26N2O2.ClH/c1-20(12-14-6-5-8-16(10-14)22-2)17(21)18-9-4-3-7-15(18)11-19-13-18;/h5-6,8,10,15,19H,3-4,7,9,11-13H2,1-2H3;1H/t15-,18+;/m0./s1. The molecule has 0 unspecified atom stereocenters. The quantitative estimate of drug-likeness (QED) is 0.917. The van der Waals surface area contributed by atoms with Crippen molar-refractivity contribution < 1.29 is 9.53 Å². The number of benzene rings is 1. The molecule has 1 aliphatic heterocycles. The summed E-state index contributed by atoms with van der Waals surface area (Å²) in [6.07, 6.45) is 4.66. The van der Waals surface area contributed by atoms with Crippen LogP contribution in [0.1, 0.15) is 31.2 Å². The first-order valence-electron chi connectivity index (χ1n) is 8.25. The molecule has 2 atom stereocenters. The van der Waals surface area contributed by atoms with E-state index in [4.69, 9.17) is 4.74 Å². The van der Waals surface area contributed by atoms with E-state index in [1.54, 1.807) is 7.11 Å². The molecule has 1 saturated carbocycles. The highest BCUT2D eigenvalue weighted by Crippen LogP contribution is 2.45. The second-order valence-electron chi connectivity index (χ2n) is 6.74. The first-order chi connectivity index (χ1) is 10.7. The van der Waals surface area contributed by atoms with Gasteiger partial charge in [-0.2, -0.15) is 0 Å². The maximum atomic E-state index is 13.1. The van der Waals surface area contributed by atoms with Crippen molar-refractivity contribution in [2.24, 2.45) is 11.3 Å². The summed E-state index contributed by atoms with van der Waals surface area (Å²) in [5.41, 5.74) is 0.955. The number of nitrogens with one attached hydrogen (secondary N) is 1. The average molecular weight is 339 g/mol. The van der Waals surface area contributed by atoms with Gasteiger partial charge in [-0.3, -0.25) is 4.79 Å². The third-order valence-electron chi connectivity index (χ3n) is 5.36. The maximum absolute atomic E-state index is 13.1. The van der Waals surface area contributed by atoms with Crippen LogP contribution < -0.4 is 10.1 Å². The zero-order chi connectivity index (χ0) is 15.6. The van der Waals surface area contributed by atoms with Crippen LogP contribution in [0.3, 0.4) is 0 Å². The Hall–Kier alpha value is -1.26. The largest absolute Gasteiger partial charge is 0.497 e.